The number of nitrogens with one attached hydrogen (secondary N) is 1. The van der Waals surface area contributed by atoms with E-state index in [0.29, 0.717) is 22.6 Å². The van der Waals surface area contributed by atoms with Crippen LogP contribution in [0.25, 0.3) is 10.9 Å². The Morgan fingerprint density at radius 3 is 2.66 bits per heavy atom. The van der Waals surface area contributed by atoms with E-state index < -0.39 is 11.1 Å². The van der Waals surface area contributed by atoms with Crippen molar-refractivity contribution in [2.24, 2.45) is 5.92 Å². The summed E-state index contributed by atoms with van der Waals surface area (Å²) in [5, 5.41) is 3.01. The number of aromatic nitrogens is 2. The molecule has 0 spiro atoms. The third-order valence-electron chi connectivity index (χ3n) is 4.21. The summed E-state index contributed by atoms with van der Waals surface area (Å²) in [5.41, 5.74) is 0.553. The van der Waals surface area contributed by atoms with E-state index in [1.807, 2.05) is 19.9 Å². The van der Waals surface area contributed by atoms with Crippen LogP contribution in [0.5, 0.6) is 0 Å². The summed E-state index contributed by atoms with van der Waals surface area (Å²) in [6, 6.07) is 11.4. The number of fused-ring (bicyclic) bond motifs is 1. The van der Waals surface area contributed by atoms with Gasteiger partial charge in [0.25, 0.3) is 5.56 Å². The highest BCUT2D eigenvalue weighted by atomic mass is 79.9. The second-order valence-electron chi connectivity index (χ2n) is 7.09. The molecule has 0 saturated carbocycles. The molecule has 29 heavy (non-hydrogen) atoms. The molecule has 3 aromatic rings. The number of thioether (sulfide) groups is 1. The highest BCUT2D eigenvalue weighted by Gasteiger charge is 2.21. The van der Waals surface area contributed by atoms with Crippen LogP contribution in [0, 0.1) is 11.7 Å². The van der Waals surface area contributed by atoms with Crippen molar-refractivity contribution >= 4 is 50.2 Å². The van der Waals surface area contributed by atoms with Crippen LogP contribution >= 0.6 is 27.7 Å². The minimum absolute atomic E-state index is 0.126. The second kappa shape index (κ2) is 9.09. The number of hydrogen-bond donors (Lipinski definition) is 1. The summed E-state index contributed by atoms with van der Waals surface area (Å²) >= 11 is 4.58. The summed E-state index contributed by atoms with van der Waals surface area (Å²) in [6.45, 7) is 6.22. The lowest BCUT2D eigenvalue weighted by Gasteiger charge is -2.18. The Labute approximate surface area is 180 Å². The Kier molecular flexibility index (Phi) is 6.74. The van der Waals surface area contributed by atoms with E-state index in [2.05, 4.69) is 26.2 Å². The van der Waals surface area contributed by atoms with Gasteiger partial charge in [0.2, 0.25) is 5.91 Å². The Morgan fingerprint density at radius 2 is 1.97 bits per heavy atom. The van der Waals surface area contributed by atoms with Crippen molar-refractivity contribution in [1.82, 2.24) is 9.55 Å². The molecule has 1 atom stereocenters. The molecule has 0 aliphatic rings. The quantitative estimate of drug-likeness (QED) is 0.397. The molecule has 5 nitrogen and oxygen atoms in total. The lowest BCUT2D eigenvalue weighted by atomic mass is 10.2. The number of hydrogen-bond acceptors (Lipinski definition) is 4. The summed E-state index contributed by atoms with van der Waals surface area (Å²) < 4.78 is 16.2. The number of halogens is 2. The van der Waals surface area contributed by atoms with Gasteiger partial charge in [0.05, 0.1) is 21.8 Å². The lowest BCUT2D eigenvalue weighted by molar-refractivity contribution is -0.115. The van der Waals surface area contributed by atoms with Gasteiger partial charge in [0, 0.05) is 11.0 Å². The zero-order valence-electron chi connectivity index (χ0n) is 16.3. The molecule has 1 amide bonds. The monoisotopic (exact) mass is 477 g/mol. The minimum atomic E-state index is -0.576. The maximum Gasteiger partial charge on any atom is 0.262 e. The summed E-state index contributed by atoms with van der Waals surface area (Å²) in [7, 11) is 0. The van der Waals surface area contributed by atoms with Crippen LogP contribution < -0.4 is 10.9 Å². The van der Waals surface area contributed by atoms with Gasteiger partial charge in [0.1, 0.15) is 5.82 Å². The highest BCUT2D eigenvalue weighted by molar-refractivity contribution is 9.10. The maximum atomic E-state index is 13.8. The number of rotatable bonds is 6. The number of carbonyl (C=O) groups excluding carboxylic acids is 1. The van der Waals surface area contributed by atoms with E-state index in [4.69, 9.17) is 0 Å². The van der Waals surface area contributed by atoms with Crippen molar-refractivity contribution in [3.8, 4) is 0 Å². The lowest BCUT2D eigenvalue weighted by Crippen LogP contribution is -2.28. The predicted molar refractivity (Wildman–Crippen MR) is 119 cm³/mol. The van der Waals surface area contributed by atoms with E-state index in [1.165, 1.54) is 23.9 Å². The Morgan fingerprint density at radius 1 is 1.24 bits per heavy atom. The van der Waals surface area contributed by atoms with Gasteiger partial charge in [-0.2, -0.15) is 0 Å². The molecule has 152 valence electrons. The summed E-state index contributed by atoms with van der Waals surface area (Å²) in [5.74, 6) is -0.633. The van der Waals surface area contributed by atoms with Crippen molar-refractivity contribution in [1.29, 1.82) is 0 Å². The first-order valence-electron chi connectivity index (χ1n) is 9.18. The van der Waals surface area contributed by atoms with E-state index in [-0.39, 0.29) is 23.1 Å². The highest BCUT2D eigenvalue weighted by Crippen LogP contribution is 2.25. The van der Waals surface area contributed by atoms with Crippen LogP contribution in [0.4, 0.5) is 10.1 Å². The Balaban J connectivity index is 1.93. The molecule has 1 N–H and O–H groups in total. The van der Waals surface area contributed by atoms with Crippen LogP contribution in [0.3, 0.4) is 0 Å². The van der Waals surface area contributed by atoms with Crippen LogP contribution in [0.15, 0.2) is 56.9 Å². The fourth-order valence-electron chi connectivity index (χ4n) is 2.80. The predicted octanol–water partition coefficient (Wildman–Crippen LogP) is 5.07. The smallest absolute Gasteiger partial charge is 0.262 e. The fourth-order valence-corrected chi connectivity index (χ4v) is 4.08. The first-order valence-corrected chi connectivity index (χ1v) is 10.9. The van der Waals surface area contributed by atoms with E-state index in [9.17, 15) is 14.0 Å². The number of nitrogens with zero attached hydrogens (tertiary/aromatic N) is 2. The van der Waals surface area contributed by atoms with Crippen molar-refractivity contribution in [2.45, 2.75) is 37.7 Å². The molecular formula is C21H21BrFN3O2S. The molecule has 1 heterocycles. The van der Waals surface area contributed by atoms with Gasteiger partial charge in [-0.25, -0.2) is 9.37 Å². The van der Waals surface area contributed by atoms with Crippen LogP contribution in [0.2, 0.25) is 0 Å². The summed E-state index contributed by atoms with van der Waals surface area (Å²) in [6.07, 6.45) is 0. The average molecular weight is 478 g/mol. The van der Waals surface area contributed by atoms with Gasteiger partial charge in [-0.15, -0.1) is 0 Å². The van der Waals surface area contributed by atoms with Crippen LogP contribution in [-0.2, 0) is 11.3 Å². The first kappa shape index (κ1) is 21.5. The molecule has 0 fully saturated rings. The number of para-hydroxylation sites is 1. The van der Waals surface area contributed by atoms with Crippen molar-refractivity contribution in [3.05, 3.63) is 63.1 Å². The average Bonchev–Trinajstić information content (AvgIpc) is 2.67. The molecule has 0 bridgehead atoms. The summed E-state index contributed by atoms with van der Waals surface area (Å²) in [4.78, 5) is 30.3. The fraction of sp³-hybridized carbons (Fsp3) is 0.286. The van der Waals surface area contributed by atoms with E-state index in [0.717, 1.165) is 4.47 Å². The number of benzene rings is 2. The van der Waals surface area contributed by atoms with Gasteiger partial charge in [-0.05, 0) is 43.2 Å². The first-order chi connectivity index (χ1) is 13.8. The van der Waals surface area contributed by atoms with Gasteiger partial charge in [0.15, 0.2) is 5.16 Å². The zero-order valence-corrected chi connectivity index (χ0v) is 18.7. The van der Waals surface area contributed by atoms with E-state index in [1.54, 1.807) is 35.8 Å². The zero-order chi connectivity index (χ0) is 21.1. The third-order valence-corrected chi connectivity index (χ3v) is 5.80. The molecule has 0 aliphatic heterocycles. The topological polar surface area (TPSA) is 64.0 Å². The Hall–Kier alpha value is -2.19. The molecule has 0 saturated heterocycles. The van der Waals surface area contributed by atoms with Crippen molar-refractivity contribution in [3.63, 3.8) is 0 Å². The number of amides is 1. The third kappa shape index (κ3) is 5.05. The van der Waals surface area contributed by atoms with E-state index >= 15 is 0 Å². The molecule has 3 rings (SSSR count). The number of carbonyl (C=O) groups is 1. The Bertz CT molecular complexity index is 1120. The molecule has 8 heteroatoms. The SMILES string of the molecule is CC(C)Cn1c(SC(C)C(=O)Nc2ccccc2F)nc2ccc(Br)cc2c1=O. The molecule has 0 aliphatic carbocycles. The minimum Gasteiger partial charge on any atom is -0.323 e. The normalized spacial score (nSPS) is 12.3. The van der Waals surface area contributed by atoms with Crippen LogP contribution in [-0.4, -0.2) is 20.7 Å². The molecule has 1 aromatic heterocycles. The van der Waals surface area contributed by atoms with Gasteiger partial charge >= 0.3 is 0 Å². The standard InChI is InChI=1S/C21H21BrFN3O2S/c1-12(2)11-26-20(28)15-10-14(22)8-9-17(15)25-21(26)29-13(3)19(27)24-18-7-5-4-6-16(18)23/h4-10,12-13H,11H2,1-3H3,(H,24,27). The van der Waals surface area contributed by atoms with Gasteiger partial charge in [-0.1, -0.05) is 53.7 Å². The largest absolute Gasteiger partial charge is 0.323 e. The van der Waals surface area contributed by atoms with Crippen LogP contribution in [0.1, 0.15) is 20.8 Å². The van der Waals surface area contributed by atoms with Gasteiger partial charge < -0.3 is 5.32 Å². The van der Waals surface area contributed by atoms with Crippen molar-refractivity contribution < 1.29 is 9.18 Å². The second-order valence-corrected chi connectivity index (χ2v) is 9.32. The molecule has 2 aromatic carbocycles. The molecule has 0 radical (unpaired) electrons. The molecular weight excluding hydrogens is 457 g/mol. The number of anilines is 1. The van der Waals surface area contributed by atoms with Gasteiger partial charge in [-0.3, -0.25) is 14.2 Å². The van der Waals surface area contributed by atoms with Crippen molar-refractivity contribution in [2.75, 3.05) is 5.32 Å². The maximum absolute atomic E-state index is 13.8. The molecule has 1 unspecified atom stereocenters.